The van der Waals surface area contributed by atoms with Gasteiger partial charge < -0.3 is 26.6 Å². The summed E-state index contributed by atoms with van der Waals surface area (Å²) in [7, 11) is 0. The summed E-state index contributed by atoms with van der Waals surface area (Å²) >= 11 is 1.57. The van der Waals surface area contributed by atoms with Gasteiger partial charge in [-0.3, -0.25) is 9.59 Å². The third-order valence-corrected chi connectivity index (χ3v) is 3.75. The van der Waals surface area contributed by atoms with E-state index >= 15 is 0 Å². The molecule has 3 atom stereocenters. The Labute approximate surface area is 140 Å². The zero-order valence-electron chi connectivity index (χ0n) is 13.7. The summed E-state index contributed by atoms with van der Waals surface area (Å²) in [5.74, 6) is -1.61. The average molecular weight is 349 g/mol. The summed E-state index contributed by atoms with van der Waals surface area (Å²) in [4.78, 5) is 35.1. The number of aliphatic carboxylic acids is 1. The Morgan fingerprint density at radius 1 is 1.13 bits per heavy atom. The number of nitrogens with two attached hydrogens (primary N) is 1. The van der Waals surface area contributed by atoms with Gasteiger partial charge >= 0.3 is 5.97 Å². The van der Waals surface area contributed by atoms with Gasteiger partial charge in [-0.15, -0.1) is 0 Å². The Balaban J connectivity index is 4.82. The first kappa shape index (κ1) is 21.7. The molecule has 8 nitrogen and oxygen atoms in total. The molecular formula is C14H27N3O5S. The summed E-state index contributed by atoms with van der Waals surface area (Å²) in [6, 6.07) is -3.02. The van der Waals surface area contributed by atoms with Crippen LogP contribution in [0.2, 0.25) is 0 Å². The second kappa shape index (κ2) is 11.3. The van der Waals surface area contributed by atoms with Gasteiger partial charge in [0.05, 0.1) is 12.6 Å². The van der Waals surface area contributed by atoms with Crippen LogP contribution in [0.3, 0.4) is 0 Å². The highest BCUT2D eigenvalue weighted by molar-refractivity contribution is 7.98. The standard InChI is InChI=1S/C14H27N3O5S/c1-8(2)6-10(13(20)17-11(7-18)14(21)22)16-12(19)9(15)4-5-23-3/h8-11,18H,4-7,15H2,1-3H3,(H,16,19)(H,17,20)(H,21,22). The first-order valence-corrected chi connectivity index (χ1v) is 8.81. The van der Waals surface area contributed by atoms with Gasteiger partial charge in [0.1, 0.15) is 12.1 Å². The molecule has 0 saturated carbocycles. The lowest BCUT2D eigenvalue weighted by Crippen LogP contribution is -2.55. The number of nitrogens with one attached hydrogen (secondary N) is 2. The van der Waals surface area contributed by atoms with Crippen LogP contribution < -0.4 is 16.4 Å². The largest absolute Gasteiger partial charge is 0.480 e. The molecule has 0 spiro atoms. The normalized spacial score (nSPS) is 14.9. The maximum Gasteiger partial charge on any atom is 0.328 e. The van der Waals surface area contributed by atoms with E-state index in [4.69, 9.17) is 15.9 Å². The van der Waals surface area contributed by atoms with Crippen molar-refractivity contribution < 1.29 is 24.6 Å². The molecular weight excluding hydrogens is 322 g/mol. The fourth-order valence-corrected chi connectivity index (χ4v) is 2.31. The summed E-state index contributed by atoms with van der Waals surface area (Å²) in [6.07, 6.45) is 2.72. The molecule has 0 aromatic heterocycles. The van der Waals surface area contributed by atoms with E-state index < -0.39 is 42.5 Å². The first-order valence-electron chi connectivity index (χ1n) is 7.41. The zero-order valence-corrected chi connectivity index (χ0v) is 14.6. The molecule has 0 heterocycles. The van der Waals surface area contributed by atoms with E-state index in [1.165, 1.54) is 0 Å². The van der Waals surface area contributed by atoms with Crippen LogP contribution in [0.1, 0.15) is 26.7 Å². The highest BCUT2D eigenvalue weighted by atomic mass is 32.2. The minimum absolute atomic E-state index is 0.103. The Morgan fingerprint density at radius 2 is 1.70 bits per heavy atom. The number of amides is 2. The maximum absolute atomic E-state index is 12.2. The molecule has 0 aromatic rings. The molecule has 0 saturated heterocycles. The van der Waals surface area contributed by atoms with Gasteiger partial charge in [0.15, 0.2) is 0 Å². The number of aliphatic hydroxyl groups is 1. The van der Waals surface area contributed by atoms with Crippen molar-refractivity contribution in [1.29, 1.82) is 0 Å². The van der Waals surface area contributed by atoms with Crippen LogP contribution in [0, 0.1) is 5.92 Å². The minimum atomic E-state index is -1.40. The average Bonchev–Trinajstić information content (AvgIpc) is 2.48. The van der Waals surface area contributed by atoms with Gasteiger partial charge in [0.2, 0.25) is 11.8 Å². The molecule has 6 N–H and O–H groups in total. The van der Waals surface area contributed by atoms with Gasteiger partial charge in [-0.1, -0.05) is 13.8 Å². The van der Waals surface area contributed by atoms with Crippen molar-refractivity contribution in [2.45, 2.75) is 44.8 Å². The van der Waals surface area contributed by atoms with Crippen LogP contribution >= 0.6 is 11.8 Å². The lowest BCUT2D eigenvalue weighted by Gasteiger charge is -2.23. The number of carbonyl (C=O) groups excluding carboxylic acids is 2. The third-order valence-electron chi connectivity index (χ3n) is 3.11. The maximum atomic E-state index is 12.2. The minimum Gasteiger partial charge on any atom is -0.480 e. The van der Waals surface area contributed by atoms with E-state index in [0.717, 1.165) is 5.75 Å². The van der Waals surface area contributed by atoms with E-state index in [0.29, 0.717) is 12.8 Å². The van der Waals surface area contributed by atoms with Crippen molar-refractivity contribution >= 4 is 29.5 Å². The van der Waals surface area contributed by atoms with Crippen LogP contribution in [0.4, 0.5) is 0 Å². The predicted molar refractivity (Wildman–Crippen MR) is 89.0 cm³/mol. The SMILES string of the molecule is CSCCC(N)C(=O)NC(CC(C)C)C(=O)NC(CO)C(=O)O. The fraction of sp³-hybridized carbons (Fsp3) is 0.786. The lowest BCUT2D eigenvalue weighted by atomic mass is 10.0. The zero-order chi connectivity index (χ0) is 18.0. The number of rotatable bonds is 11. The number of carboxylic acid groups (broad SMARTS) is 1. The van der Waals surface area contributed by atoms with Crippen molar-refractivity contribution in [1.82, 2.24) is 10.6 Å². The highest BCUT2D eigenvalue weighted by Crippen LogP contribution is 2.07. The molecule has 0 bridgehead atoms. The molecule has 0 aliphatic rings. The summed E-state index contributed by atoms with van der Waals surface area (Å²) in [5.41, 5.74) is 5.77. The molecule has 0 aliphatic carbocycles. The second-order valence-electron chi connectivity index (χ2n) is 5.66. The smallest absolute Gasteiger partial charge is 0.328 e. The molecule has 0 radical (unpaired) electrons. The van der Waals surface area contributed by atoms with Crippen LogP contribution in [-0.4, -0.2) is 64.7 Å². The van der Waals surface area contributed by atoms with Crippen molar-refractivity contribution in [2.75, 3.05) is 18.6 Å². The molecule has 2 amide bonds. The van der Waals surface area contributed by atoms with Gasteiger partial charge in [-0.05, 0) is 30.8 Å². The van der Waals surface area contributed by atoms with E-state index in [1.807, 2.05) is 20.1 Å². The number of aliphatic hydroxyl groups excluding tert-OH is 1. The van der Waals surface area contributed by atoms with Crippen LogP contribution in [-0.2, 0) is 14.4 Å². The Bertz CT molecular complexity index is 406. The van der Waals surface area contributed by atoms with Gasteiger partial charge in [-0.25, -0.2) is 4.79 Å². The van der Waals surface area contributed by atoms with Crippen molar-refractivity contribution in [3.05, 3.63) is 0 Å². The number of hydrogen-bond acceptors (Lipinski definition) is 6. The molecule has 0 rings (SSSR count). The van der Waals surface area contributed by atoms with E-state index in [1.54, 1.807) is 11.8 Å². The molecule has 0 fully saturated rings. The summed E-state index contributed by atoms with van der Waals surface area (Å²) in [6.45, 7) is 3.03. The molecule has 3 unspecified atom stereocenters. The van der Waals surface area contributed by atoms with E-state index in [-0.39, 0.29) is 5.92 Å². The van der Waals surface area contributed by atoms with Crippen LogP contribution in [0.5, 0.6) is 0 Å². The third kappa shape index (κ3) is 8.77. The number of carbonyl (C=O) groups is 3. The molecule has 0 aromatic carbocycles. The van der Waals surface area contributed by atoms with Crippen LogP contribution in [0.25, 0.3) is 0 Å². The van der Waals surface area contributed by atoms with Crippen molar-refractivity contribution in [3.63, 3.8) is 0 Å². The predicted octanol–water partition coefficient (Wildman–Crippen LogP) is -0.841. The fourth-order valence-electron chi connectivity index (χ4n) is 1.82. The van der Waals surface area contributed by atoms with E-state index in [9.17, 15) is 14.4 Å². The molecule has 0 aliphatic heterocycles. The highest BCUT2D eigenvalue weighted by Gasteiger charge is 2.28. The number of thioether (sulfide) groups is 1. The Morgan fingerprint density at radius 3 is 2.13 bits per heavy atom. The number of carboxylic acids is 1. The monoisotopic (exact) mass is 349 g/mol. The van der Waals surface area contributed by atoms with Crippen molar-refractivity contribution in [2.24, 2.45) is 11.7 Å². The van der Waals surface area contributed by atoms with Crippen LogP contribution in [0.15, 0.2) is 0 Å². The summed E-state index contributed by atoms with van der Waals surface area (Å²) in [5, 5.41) is 22.6. The van der Waals surface area contributed by atoms with Gasteiger partial charge in [0.25, 0.3) is 0 Å². The molecule has 23 heavy (non-hydrogen) atoms. The van der Waals surface area contributed by atoms with Gasteiger partial charge in [0, 0.05) is 0 Å². The Hall–Kier alpha value is -1.32. The van der Waals surface area contributed by atoms with E-state index in [2.05, 4.69) is 10.6 Å². The Kier molecular flexibility index (Phi) is 10.6. The molecule has 134 valence electrons. The number of hydrogen-bond donors (Lipinski definition) is 5. The molecule has 9 heteroatoms. The van der Waals surface area contributed by atoms with Gasteiger partial charge in [-0.2, -0.15) is 11.8 Å². The summed E-state index contributed by atoms with van der Waals surface area (Å²) < 4.78 is 0. The lowest BCUT2D eigenvalue weighted by molar-refractivity contribution is -0.143. The first-order chi connectivity index (χ1) is 10.7. The second-order valence-corrected chi connectivity index (χ2v) is 6.65. The van der Waals surface area contributed by atoms with Crippen molar-refractivity contribution in [3.8, 4) is 0 Å². The topological polar surface area (TPSA) is 142 Å². The quantitative estimate of drug-likeness (QED) is 0.327.